The molecule has 3 aromatic rings. The number of hydrogen-bond donors (Lipinski definition) is 3. The number of para-hydroxylation sites is 2. The molecule has 6 heteroatoms. The van der Waals surface area contributed by atoms with E-state index in [0.29, 0.717) is 17.8 Å². The highest BCUT2D eigenvalue weighted by Gasteiger charge is 2.10. The van der Waals surface area contributed by atoms with Crippen molar-refractivity contribution in [1.29, 1.82) is 0 Å². The summed E-state index contributed by atoms with van der Waals surface area (Å²) in [7, 11) is 0. The minimum Gasteiger partial charge on any atom is -0.356 e. The van der Waals surface area contributed by atoms with Crippen LogP contribution in [0.3, 0.4) is 0 Å². The number of benzene rings is 1. The molecule has 0 saturated heterocycles. The van der Waals surface area contributed by atoms with Crippen LogP contribution in [0.1, 0.15) is 40.0 Å². The monoisotopic (exact) mass is 310 g/mol. The number of aromatic amines is 2. The zero-order valence-corrected chi connectivity index (χ0v) is 12.8. The van der Waals surface area contributed by atoms with Crippen molar-refractivity contribution in [2.24, 2.45) is 0 Å². The van der Waals surface area contributed by atoms with E-state index in [1.807, 2.05) is 24.3 Å². The molecule has 0 atom stereocenters. The van der Waals surface area contributed by atoms with Crippen molar-refractivity contribution in [3.8, 4) is 0 Å². The van der Waals surface area contributed by atoms with E-state index in [2.05, 4.69) is 20.3 Å². The Morgan fingerprint density at radius 1 is 1.26 bits per heavy atom. The predicted molar refractivity (Wildman–Crippen MR) is 87.5 cm³/mol. The van der Waals surface area contributed by atoms with Crippen molar-refractivity contribution in [3.63, 3.8) is 0 Å². The van der Waals surface area contributed by atoms with Crippen LogP contribution in [-0.2, 0) is 6.42 Å². The average Bonchev–Trinajstić information content (AvgIpc) is 3.17. The Morgan fingerprint density at radius 2 is 2.09 bits per heavy atom. The van der Waals surface area contributed by atoms with Gasteiger partial charge in [0.2, 0.25) is 0 Å². The molecule has 0 radical (unpaired) electrons. The van der Waals surface area contributed by atoms with Crippen molar-refractivity contribution in [3.05, 3.63) is 53.6 Å². The molecule has 23 heavy (non-hydrogen) atoms. The number of aromatic nitrogens is 3. The number of nitrogens with one attached hydrogen (secondary N) is 3. The maximum Gasteiger partial charge on any atom is 0.267 e. The molecule has 3 rings (SSSR count). The van der Waals surface area contributed by atoms with Crippen LogP contribution in [0.2, 0.25) is 0 Å². The Labute approximate surface area is 133 Å². The lowest BCUT2D eigenvalue weighted by molar-refractivity contribution is 0.0948. The lowest BCUT2D eigenvalue weighted by Gasteiger charge is -2.02. The summed E-state index contributed by atoms with van der Waals surface area (Å²) >= 11 is 0. The number of aryl methyl sites for hydroxylation is 1. The van der Waals surface area contributed by atoms with Crippen LogP contribution in [0.5, 0.6) is 0 Å². The molecular weight excluding hydrogens is 292 g/mol. The van der Waals surface area contributed by atoms with Gasteiger partial charge in [-0.15, -0.1) is 0 Å². The molecule has 2 heterocycles. The second-order valence-corrected chi connectivity index (χ2v) is 5.42. The van der Waals surface area contributed by atoms with Gasteiger partial charge in [-0.1, -0.05) is 12.1 Å². The van der Waals surface area contributed by atoms with Gasteiger partial charge in [-0.25, -0.2) is 4.98 Å². The minimum atomic E-state index is -0.206. The number of nitrogens with zero attached hydrogens (tertiary/aromatic N) is 1. The number of fused-ring (bicyclic) bond motifs is 1. The summed E-state index contributed by atoms with van der Waals surface area (Å²) in [6.45, 7) is 2.02. The normalized spacial score (nSPS) is 10.8. The van der Waals surface area contributed by atoms with Crippen molar-refractivity contribution in [1.82, 2.24) is 20.3 Å². The van der Waals surface area contributed by atoms with Gasteiger partial charge in [0.25, 0.3) is 5.91 Å². The highest BCUT2D eigenvalue weighted by Crippen LogP contribution is 2.11. The number of hydrogen-bond acceptors (Lipinski definition) is 3. The van der Waals surface area contributed by atoms with Crippen LogP contribution in [0, 0.1) is 0 Å². The fourth-order valence-corrected chi connectivity index (χ4v) is 2.41. The first-order valence-corrected chi connectivity index (χ1v) is 7.54. The molecule has 1 aromatic carbocycles. The summed E-state index contributed by atoms with van der Waals surface area (Å²) in [4.78, 5) is 33.7. The van der Waals surface area contributed by atoms with Gasteiger partial charge in [0.15, 0.2) is 5.78 Å². The van der Waals surface area contributed by atoms with E-state index >= 15 is 0 Å². The molecule has 0 aliphatic heterocycles. The molecule has 0 spiro atoms. The Hall–Kier alpha value is -2.89. The first kappa shape index (κ1) is 15.0. The molecule has 6 nitrogen and oxygen atoms in total. The predicted octanol–water partition coefficient (Wildman–Crippen LogP) is 2.46. The van der Waals surface area contributed by atoms with E-state index in [4.69, 9.17) is 0 Å². The highest BCUT2D eigenvalue weighted by molar-refractivity contribution is 5.99. The summed E-state index contributed by atoms with van der Waals surface area (Å²) in [5.74, 6) is 0.645. The molecule has 0 unspecified atom stereocenters. The molecule has 0 fully saturated rings. The number of carbonyl (C=O) groups is 2. The molecular formula is C17H18N4O2. The van der Waals surface area contributed by atoms with Crippen molar-refractivity contribution in [2.75, 3.05) is 6.54 Å². The largest absolute Gasteiger partial charge is 0.356 e. The summed E-state index contributed by atoms with van der Waals surface area (Å²) in [6, 6.07) is 9.45. The summed E-state index contributed by atoms with van der Waals surface area (Å²) in [5, 5.41) is 2.83. The second kappa shape index (κ2) is 6.48. The lowest BCUT2D eigenvalue weighted by Crippen LogP contribution is -2.25. The smallest absolute Gasteiger partial charge is 0.267 e. The third-order valence-electron chi connectivity index (χ3n) is 3.65. The first-order chi connectivity index (χ1) is 11.1. The quantitative estimate of drug-likeness (QED) is 0.482. The molecule has 3 N–H and O–H groups in total. The van der Waals surface area contributed by atoms with Crippen LogP contribution in [-0.4, -0.2) is 33.2 Å². The van der Waals surface area contributed by atoms with Crippen LogP contribution in [0.25, 0.3) is 11.0 Å². The number of carbonyl (C=O) groups excluding carboxylic acids is 2. The third kappa shape index (κ3) is 3.48. The van der Waals surface area contributed by atoms with Crippen LogP contribution >= 0.6 is 0 Å². The van der Waals surface area contributed by atoms with Gasteiger partial charge in [0.1, 0.15) is 11.5 Å². The highest BCUT2D eigenvalue weighted by atomic mass is 16.2. The van der Waals surface area contributed by atoms with Gasteiger partial charge in [-0.2, -0.15) is 0 Å². The Morgan fingerprint density at radius 3 is 2.83 bits per heavy atom. The van der Waals surface area contributed by atoms with E-state index in [-0.39, 0.29) is 11.7 Å². The van der Waals surface area contributed by atoms with E-state index in [1.54, 1.807) is 12.3 Å². The standard InChI is InChI=1S/C17H18N4O2/c1-11(22)12-9-15(19-10-12)17(23)18-8-4-7-16-20-13-5-2-3-6-14(13)21-16/h2-3,5-6,9-10,19H,4,7-8H2,1H3,(H,18,23)(H,20,21). The maximum atomic E-state index is 12.0. The van der Waals surface area contributed by atoms with Crippen LogP contribution in [0.4, 0.5) is 0 Å². The molecule has 118 valence electrons. The van der Waals surface area contributed by atoms with Gasteiger partial charge in [0, 0.05) is 24.7 Å². The molecule has 0 aliphatic carbocycles. The fourth-order valence-electron chi connectivity index (χ4n) is 2.41. The Kier molecular flexibility index (Phi) is 4.23. The zero-order valence-electron chi connectivity index (χ0n) is 12.8. The number of H-pyrrole nitrogens is 2. The Bertz CT molecular complexity index is 814. The topological polar surface area (TPSA) is 90.6 Å². The SMILES string of the molecule is CC(=O)c1c[nH]c(C(=O)NCCCc2nc3ccccc3[nH]2)c1. The van der Waals surface area contributed by atoms with Crippen molar-refractivity contribution >= 4 is 22.7 Å². The molecule has 1 amide bonds. The number of amides is 1. The number of Topliss-reactive ketones (excluding diaryl/α,β-unsaturated/α-hetero) is 1. The van der Waals surface area contributed by atoms with E-state index < -0.39 is 0 Å². The number of ketones is 1. The van der Waals surface area contributed by atoms with Crippen molar-refractivity contribution < 1.29 is 9.59 Å². The van der Waals surface area contributed by atoms with E-state index in [0.717, 1.165) is 29.7 Å². The fraction of sp³-hybridized carbons (Fsp3) is 0.235. The molecule has 0 bridgehead atoms. The molecule has 0 aliphatic rings. The maximum absolute atomic E-state index is 12.0. The van der Waals surface area contributed by atoms with Gasteiger partial charge in [-0.05, 0) is 31.5 Å². The average molecular weight is 310 g/mol. The molecule has 0 saturated carbocycles. The zero-order chi connectivity index (χ0) is 16.2. The Balaban J connectivity index is 1.49. The van der Waals surface area contributed by atoms with Gasteiger partial charge in [0.05, 0.1) is 11.0 Å². The second-order valence-electron chi connectivity index (χ2n) is 5.42. The third-order valence-corrected chi connectivity index (χ3v) is 3.65. The van der Waals surface area contributed by atoms with Gasteiger partial charge >= 0.3 is 0 Å². The molecule has 2 aromatic heterocycles. The van der Waals surface area contributed by atoms with Crippen molar-refractivity contribution in [2.45, 2.75) is 19.8 Å². The summed E-state index contributed by atoms with van der Waals surface area (Å²) in [5.41, 5.74) is 2.89. The van der Waals surface area contributed by atoms with Gasteiger partial charge < -0.3 is 15.3 Å². The van der Waals surface area contributed by atoms with Gasteiger partial charge in [-0.3, -0.25) is 9.59 Å². The van der Waals surface area contributed by atoms with Crippen LogP contribution in [0.15, 0.2) is 36.5 Å². The number of imidazole rings is 1. The summed E-state index contributed by atoms with van der Waals surface area (Å²) < 4.78 is 0. The van der Waals surface area contributed by atoms with Crippen LogP contribution < -0.4 is 5.32 Å². The van der Waals surface area contributed by atoms with E-state index in [9.17, 15) is 9.59 Å². The summed E-state index contributed by atoms with van der Waals surface area (Å²) in [6.07, 6.45) is 3.09. The first-order valence-electron chi connectivity index (χ1n) is 7.54. The lowest BCUT2D eigenvalue weighted by atomic mass is 10.2. The minimum absolute atomic E-state index is 0.0646. The van der Waals surface area contributed by atoms with E-state index in [1.165, 1.54) is 6.92 Å². The number of rotatable bonds is 6.